The zero-order valence-corrected chi connectivity index (χ0v) is 8.51. The molecule has 0 amide bonds. The number of hydrogen-bond acceptors (Lipinski definition) is 3. The van der Waals surface area contributed by atoms with Gasteiger partial charge in [-0.2, -0.15) is 8.42 Å². The molecule has 0 aliphatic rings. The number of hydrogen-bond donors (Lipinski definition) is 1. The van der Waals surface area contributed by atoms with Crippen molar-refractivity contribution in [3.05, 3.63) is 30.3 Å². The fourth-order valence-electron chi connectivity index (χ4n) is 1.08. The molecule has 6 heteroatoms. The first-order valence-corrected chi connectivity index (χ1v) is 4.97. The molecular weight excluding hydrogens is 228 g/mol. The molecule has 0 fully saturated rings. The Morgan fingerprint density at radius 1 is 1.21 bits per heavy atom. The third-order valence-corrected chi connectivity index (χ3v) is 2.37. The maximum atomic E-state index is 10.7. The van der Waals surface area contributed by atoms with Gasteiger partial charge in [-0.1, -0.05) is 18.2 Å². The molecule has 2 rings (SSSR count). The standard InChI is InChI=1S/C8H6O4S.ClH/c9-13(10,11)8-5-6-3-1-2-4-7(6)12-8;/h1-5H,(H,9,10,11);1H. The number of para-hydroxylation sites is 1. The van der Waals surface area contributed by atoms with E-state index in [4.69, 9.17) is 8.97 Å². The molecule has 0 aliphatic heterocycles. The van der Waals surface area contributed by atoms with Crippen LogP contribution in [0.15, 0.2) is 39.8 Å². The van der Waals surface area contributed by atoms with Crippen LogP contribution in [0.2, 0.25) is 0 Å². The van der Waals surface area contributed by atoms with Gasteiger partial charge in [-0.3, -0.25) is 4.55 Å². The SMILES string of the molecule is Cl.O=S(=O)(O)c1cc2ccccc2o1. The molecule has 1 N–H and O–H groups in total. The van der Waals surface area contributed by atoms with Gasteiger partial charge < -0.3 is 4.42 Å². The second-order valence-electron chi connectivity index (χ2n) is 2.58. The van der Waals surface area contributed by atoms with Gasteiger partial charge in [0, 0.05) is 11.5 Å². The number of halogens is 1. The lowest BCUT2D eigenvalue weighted by Gasteiger charge is -1.86. The van der Waals surface area contributed by atoms with Gasteiger partial charge in [0.2, 0.25) is 5.09 Å². The van der Waals surface area contributed by atoms with Crippen LogP contribution in [0.1, 0.15) is 0 Å². The molecule has 0 atom stereocenters. The van der Waals surface area contributed by atoms with Gasteiger partial charge in [0.05, 0.1) is 0 Å². The van der Waals surface area contributed by atoms with Crippen LogP contribution < -0.4 is 0 Å². The van der Waals surface area contributed by atoms with Gasteiger partial charge >= 0.3 is 10.1 Å². The number of rotatable bonds is 1. The van der Waals surface area contributed by atoms with E-state index in [2.05, 4.69) is 0 Å². The first kappa shape index (κ1) is 11.0. The molecule has 4 nitrogen and oxygen atoms in total. The Labute approximate surface area is 86.7 Å². The third-order valence-electron chi connectivity index (χ3n) is 1.66. The van der Waals surface area contributed by atoms with Gasteiger partial charge in [-0.15, -0.1) is 12.4 Å². The zero-order valence-electron chi connectivity index (χ0n) is 6.88. The molecule has 0 bridgehead atoms. The third kappa shape index (κ3) is 1.89. The number of benzene rings is 1. The molecule has 0 saturated carbocycles. The van der Waals surface area contributed by atoms with E-state index in [-0.39, 0.29) is 12.4 Å². The minimum Gasteiger partial charge on any atom is -0.442 e. The Balaban J connectivity index is 0.000000980. The van der Waals surface area contributed by atoms with E-state index < -0.39 is 15.2 Å². The van der Waals surface area contributed by atoms with Crippen molar-refractivity contribution in [1.82, 2.24) is 0 Å². The smallest absolute Gasteiger partial charge is 0.328 e. The molecule has 0 saturated heterocycles. The molecule has 0 unspecified atom stereocenters. The van der Waals surface area contributed by atoms with Crippen molar-refractivity contribution in [2.24, 2.45) is 0 Å². The molecule has 0 spiro atoms. The maximum Gasteiger partial charge on any atom is 0.328 e. The minimum absolute atomic E-state index is 0. The monoisotopic (exact) mass is 234 g/mol. The van der Waals surface area contributed by atoms with Crippen LogP contribution in [0.3, 0.4) is 0 Å². The number of furan rings is 1. The molecule has 1 aromatic carbocycles. The van der Waals surface area contributed by atoms with Crippen molar-refractivity contribution in [3.8, 4) is 0 Å². The first-order chi connectivity index (χ1) is 6.07. The van der Waals surface area contributed by atoms with Crippen LogP contribution in [0.4, 0.5) is 0 Å². The van der Waals surface area contributed by atoms with Crippen LogP contribution in [-0.2, 0) is 10.1 Å². The molecule has 1 heterocycles. The minimum atomic E-state index is -4.23. The average molecular weight is 235 g/mol. The highest BCUT2D eigenvalue weighted by molar-refractivity contribution is 7.85. The molecular formula is C8H7ClO4S. The van der Waals surface area contributed by atoms with Crippen molar-refractivity contribution in [2.45, 2.75) is 5.09 Å². The molecule has 2 aromatic rings. The normalized spacial score (nSPS) is 11.2. The summed E-state index contributed by atoms with van der Waals surface area (Å²) in [6.45, 7) is 0. The van der Waals surface area contributed by atoms with Crippen LogP contribution in [0.5, 0.6) is 0 Å². The summed E-state index contributed by atoms with van der Waals surface area (Å²) in [5.41, 5.74) is 0.440. The Kier molecular flexibility index (Phi) is 2.84. The topological polar surface area (TPSA) is 67.5 Å². The lowest BCUT2D eigenvalue weighted by molar-refractivity contribution is 0.424. The second kappa shape index (κ2) is 3.61. The lowest BCUT2D eigenvalue weighted by Crippen LogP contribution is -1.94. The zero-order chi connectivity index (χ0) is 9.47. The summed E-state index contributed by atoms with van der Waals surface area (Å²) in [6.07, 6.45) is 0. The van der Waals surface area contributed by atoms with Gasteiger partial charge in [-0.05, 0) is 6.07 Å². The van der Waals surface area contributed by atoms with Crippen molar-refractivity contribution >= 4 is 33.5 Å². The van der Waals surface area contributed by atoms with Crippen molar-refractivity contribution < 1.29 is 17.4 Å². The molecule has 76 valence electrons. The predicted molar refractivity (Wildman–Crippen MR) is 53.3 cm³/mol. The van der Waals surface area contributed by atoms with E-state index in [9.17, 15) is 8.42 Å². The summed E-state index contributed by atoms with van der Waals surface area (Å²) in [5.74, 6) is 0. The Bertz CT molecular complexity index is 510. The molecule has 0 aliphatic carbocycles. The summed E-state index contributed by atoms with van der Waals surface area (Å²) in [5, 5.41) is 0.226. The van der Waals surface area contributed by atoms with Gasteiger partial charge in [0.15, 0.2) is 0 Å². The Morgan fingerprint density at radius 2 is 1.86 bits per heavy atom. The lowest BCUT2D eigenvalue weighted by atomic mass is 10.3. The summed E-state index contributed by atoms with van der Waals surface area (Å²) in [4.78, 5) is 0. The fourth-order valence-corrected chi connectivity index (χ4v) is 1.56. The van der Waals surface area contributed by atoms with E-state index in [1.807, 2.05) is 0 Å². The highest BCUT2D eigenvalue weighted by Crippen LogP contribution is 2.21. The van der Waals surface area contributed by atoms with E-state index in [0.717, 1.165) is 0 Å². The highest BCUT2D eigenvalue weighted by atomic mass is 35.5. The first-order valence-electron chi connectivity index (χ1n) is 3.53. The Hall–Kier alpha value is -1.04. The number of fused-ring (bicyclic) bond motifs is 1. The predicted octanol–water partition coefficient (Wildman–Crippen LogP) is 2.10. The quantitative estimate of drug-likeness (QED) is 0.768. The Morgan fingerprint density at radius 3 is 2.43 bits per heavy atom. The summed E-state index contributed by atoms with van der Waals surface area (Å²) in [6, 6.07) is 8.09. The van der Waals surface area contributed by atoms with Crippen LogP contribution in [0.25, 0.3) is 11.0 Å². The second-order valence-corrected chi connectivity index (χ2v) is 3.93. The largest absolute Gasteiger partial charge is 0.442 e. The summed E-state index contributed by atoms with van der Waals surface area (Å²) < 4.78 is 34.9. The van der Waals surface area contributed by atoms with E-state index in [1.165, 1.54) is 6.07 Å². The van der Waals surface area contributed by atoms with Crippen molar-refractivity contribution in [3.63, 3.8) is 0 Å². The molecule has 14 heavy (non-hydrogen) atoms. The van der Waals surface area contributed by atoms with Crippen LogP contribution in [0, 0.1) is 0 Å². The average Bonchev–Trinajstić information content (AvgIpc) is 2.45. The fraction of sp³-hybridized carbons (Fsp3) is 0. The summed E-state index contributed by atoms with van der Waals surface area (Å²) >= 11 is 0. The van der Waals surface area contributed by atoms with E-state index in [0.29, 0.717) is 11.0 Å². The van der Waals surface area contributed by atoms with Crippen molar-refractivity contribution in [2.75, 3.05) is 0 Å². The maximum absolute atomic E-state index is 10.7. The molecule has 0 radical (unpaired) electrons. The van der Waals surface area contributed by atoms with Gasteiger partial charge in [0.1, 0.15) is 5.58 Å². The summed E-state index contributed by atoms with van der Waals surface area (Å²) in [7, 11) is -4.23. The van der Waals surface area contributed by atoms with Gasteiger partial charge in [-0.25, -0.2) is 0 Å². The van der Waals surface area contributed by atoms with Gasteiger partial charge in [0.25, 0.3) is 0 Å². The van der Waals surface area contributed by atoms with E-state index >= 15 is 0 Å². The van der Waals surface area contributed by atoms with E-state index in [1.54, 1.807) is 24.3 Å². The molecule has 1 aromatic heterocycles. The van der Waals surface area contributed by atoms with Crippen LogP contribution in [-0.4, -0.2) is 13.0 Å². The highest BCUT2D eigenvalue weighted by Gasteiger charge is 2.14. The van der Waals surface area contributed by atoms with Crippen molar-refractivity contribution in [1.29, 1.82) is 0 Å². The van der Waals surface area contributed by atoms with Crippen LogP contribution >= 0.6 is 12.4 Å².